The van der Waals surface area contributed by atoms with Crippen molar-refractivity contribution in [2.75, 3.05) is 0 Å². The summed E-state index contributed by atoms with van der Waals surface area (Å²) >= 11 is -8.43. The molecule has 5 unspecified atom stereocenters. The molecule has 20 nitrogen and oxygen atoms in total. The van der Waals surface area contributed by atoms with Gasteiger partial charge in [-0.2, -0.15) is 16.8 Å². The van der Waals surface area contributed by atoms with Crippen LogP contribution >= 0.6 is 12.3 Å². The third kappa shape index (κ3) is 10.1. The van der Waals surface area contributed by atoms with E-state index in [1.807, 2.05) is 0 Å². The molecule has 0 spiro atoms. The first-order chi connectivity index (χ1) is 14.3. The molecule has 1 aliphatic rings. The van der Waals surface area contributed by atoms with Gasteiger partial charge in [0.15, 0.2) is 0 Å². The second kappa shape index (κ2) is 11.6. The molecule has 192 valence electrons. The predicted molar refractivity (Wildman–Crippen MR) is 88.2 cm³/mol. The van der Waals surface area contributed by atoms with Gasteiger partial charge in [-0.3, -0.25) is 21.7 Å². The summed E-state index contributed by atoms with van der Waals surface area (Å²) in [6.45, 7) is 0. The Bertz CT molecular complexity index is 999. The third-order valence-corrected chi connectivity index (χ3v) is 5.62. The van der Waals surface area contributed by atoms with Gasteiger partial charge in [-0.1, -0.05) is 0 Å². The van der Waals surface area contributed by atoms with E-state index in [9.17, 15) is 51.9 Å². The zero-order valence-corrected chi connectivity index (χ0v) is 19.1. The fourth-order valence-corrected chi connectivity index (χ4v) is 5.02. The normalized spacial score (nSPS) is 31.8. The Balaban J connectivity index is 3.84. The monoisotopic (exact) mass is 592 g/mol. The highest BCUT2D eigenvalue weighted by atomic mass is 32.3. The molecule has 1 fully saturated rings. The van der Waals surface area contributed by atoms with E-state index in [-0.39, 0.29) is 0 Å². The quantitative estimate of drug-likeness (QED) is 0.0936. The molecular formula is C6H8O20S6-4. The van der Waals surface area contributed by atoms with E-state index in [0.717, 1.165) is 0 Å². The molecule has 1 saturated carbocycles. The molecule has 1 rings (SSSR count). The van der Waals surface area contributed by atoms with Crippen LogP contribution in [0.15, 0.2) is 0 Å². The van der Waals surface area contributed by atoms with Crippen molar-refractivity contribution >= 4 is 66.2 Å². The van der Waals surface area contributed by atoms with Crippen LogP contribution in [0.5, 0.6) is 0 Å². The molecule has 0 radical (unpaired) electrons. The van der Waals surface area contributed by atoms with Gasteiger partial charge >= 0.3 is 20.8 Å². The Hall–Kier alpha value is 0.0200. The lowest BCUT2D eigenvalue weighted by atomic mass is 9.85. The molecular weight excluding hydrogens is 584 g/mol. The minimum atomic E-state index is -5.96. The molecule has 0 aromatic rings. The largest absolute Gasteiger partial charge is 0.776 e. The minimum absolute atomic E-state index is 0.969. The topological polar surface area (TPSA) is 325 Å². The van der Waals surface area contributed by atoms with Gasteiger partial charge in [0.2, 0.25) is 10.4 Å². The molecule has 8 atom stereocenters. The van der Waals surface area contributed by atoms with Crippen LogP contribution in [0.2, 0.25) is 0 Å². The van der Waals surface area contributed by atoms with E-state index in [0.29, 0.717) is 0 Å². The van der Waals surface area contributed by atoms with Crippen LogP contribution in [0.3, 0.4) is 0 Å². The number of hydrogen-bond donors (Lipinski definition) is 2. The van der Waals surface area contributed by atoms with Crippen molar-refractivity contribution < 1.29 is 86.1 Å². The van der Waals surface area contributed by atoms with Crippen LogP contribution in [0.4, 0.5) is 0 Å². The maximum absolute atomic E-state index is 11.2. The molecule has 0 amide bonds. The van der Waals surface area contributed by atoms with Crippen molar-refractivity contribution in [3.05, 3.63) is 0 Å². The van der Waals surface area contributed by atoms with Gasteiger partial charge in [0.05, 0.1) is 22.7 Å². The Kier molecular flexibility index (Phi) is 10.9. The lowest BCUT2D eigenvalue weighted by Gasteiger charge is -2.47. The Labute approximate surface area is 188 Å². The second-order valence-electron chi connectivity index (χ2n) is 5.11. The summed E-state index contributed by atoms with van der Waals surface area (Å²) in [4.78, 5) is 0. The maximum atomic E-state index is 11.2. The summed E-state index contributed by atoms with van der Waals surface area (Å²) in [6, 6.07) is 0. The summed E-state index contributed by atoms with van der Waals surface area (Å²) in [5, 5.41) is 0. The fraction of sp³-hybridized carbons (Fsp3) is 1.00. The van der Waals surface area contributed by atoms with Crippen LogP contribution in [-0.2, 0) is 79.0 Å². The van der Waals surface area contributed by atoms with Crippen molar-refractivity contribution in [2.24, 2.45) is 0 Å². The molecule has 0 aromatic carbocycles. The lowest BCUT2D eigenvalue weighted by Crippen LogP contribution is -2.68. The van der Waals surface area contributed by atoms with Crippen molar-refractivity contribution in [3.63, 3.8) is 0 Å². The Morgan fingerprint density at radius 3 is 1.34 bits per heavy atom. The standard InChI is InChI=1S/C6H12O20S6/c7-27-21-1-2(22-28(8)9)3(23-29(10)11)5(25-31(15,16)17)6(26-32(18,19)20)4(1)24-30(12,13)14/h1-7H,(H,8,9)(H,10,11)(H,12,13,14)(H,15,16,17)(H,18,19,20)/p-4/t1?,2-,3-,4+,5?,6?/m1/s1. The zero-order chi connectivity index (χ0) is 25.1. The van der Waals surface area contributed by atoms with Crippen LogP contribution in [0, 0.1) is 0 Å². The van der Waals surface area contributed by atoms with Gasteiger partial charge in [0, 0.05) is 0 Å². The van der Waals surface area contributed by atoms with E-state index in [1.54, 1.807) is 0 Å². The Morgan fingerprint density at radius 1 is 0.688 bits per heavy atom. The molecule has 1 aliphatic carbocycles. The predicted octanol–water partition coefficient (Wildman–Crippen LogP) is -4.26. The van der Waals surface area contributed by atoms with E-state index >= 15 is 0 Å². The molecule has 0 saturated heterocycles. The summed E-state index contributed by atoms with van der Waals surface area (Å²) in [5.74, 6) is 0. The van der Waals surface area contributed by atoms with Crippen LogP contribution in [0.1, 0.15) is 0 Å². The molecule has 32 heavy (non-hydrogen) atoms. The fourth-order valence-electron chi connectivity index (χ4n) is 2.42. The lowest BCUT2D eigenvalue weighted by molar-refractivity contribution is -0.181. The molecule has 2 N–H and O–H groups in total. The third-order valence-electron chi connectivity index (χ3n) is 3.17. The van der Waals surface area contributed by atoms with Crippen molar-refractivity contribution in [3.8, 4) is 0 Å². The van der Waals surface area contributed by atoms with Gasteiger partial charge in [0.25, 0.3) is 0 Å². The maximum Gasteiger partial charge on any atom is 0.397 e. The zero-order valence-electron chi connectivity index (χ0n) is 14.2. The molecule has 0 bridgehead atoms. The van der Waals surface area contributed by atoms with E-state index in [2.05, 4.69) is 25.1 Å². The number of rotatable bonds is 12. The smallest absolute Gasteiger partial charge is 0.397 e. The summed E-state index contributed by atoms with van der Waals surface area (Å²) in [6.07, 6.45) is -16.8. The SMILES string of the molecule is O=S([O-])O[C@@H]1C(OS[O-])[C@H](OS(=O)(=O)[O-])C(OS(=O)(=O)O)C(OS(=O)(=O)O)[C@@H]1OS(=O)[O-]. The van der Waals surface area contributed by atoms with Crippen LogP contribution in [-0.4, -0.2) is 97.6 Å². The molecule has 26 heteroatoms. The minimum Gasteiger partial charge on any atom is -0.776 e. The molecule has 0 aliphatic heterocycles. The second-order valence-corrected chi connectivity index (χ2v) is 9.74. The summed E-state index contributed by atoms with van der Waals surface area (Å²) < 4.78 is 175. The average Bonchev–Trinajstić information content (AvgIpc) is 2.53. The van der Waals surface area contributed by atoms with E-state index < -0.39 is 103 Å². The van der Waals surface area contributed by atoms with Gasteiger partial charge < -0.3 is 22.4 Å². The highest BCUT2D eigenvalue weighted by Crippen LogP contribution is 2.37. The molecule has 0 aromatic heterocycles. The van der Waals surface area contributed by atoms with E-state index in [4.69, 9.17) is 9.11 Å². The van der Waals surface area contributed by atoms with Gasteiger partial charge in [-0.25, -0.2) is 25.2 Å². The highest BCUT2D eigenvalue weighted by Gasteiger charge is 2.59. The number of hydrogen-bond acceptors (Lipinski definition) is 19. The van der Waals surface area contributed by atoms with Crippen molar-refractivity contribution in [1.29, 1.82) is 0 Å². The van der Waals surface area contributed by atoms with Crippen molar-refractivity contribution in [2.45, 2.75) is 36.6 Å². The van der Waals surface area contributed by atoms with Crippen LogP contribution < -0.4 is 0 Å². The highest BCUT2D eigenvalue weighted by molar-refractivity contribution is 7.88. The molecule has 0 heterocycles. The summed E-state index contributed by atoms with van der Waals surface area (Å²) in [7, 11) is -17.5. The van der Waals surface area contributed by atoms with Crippen molar-refractivity contribution in [1.82, 2.24) is 0 Å². The Morgan fingerprint density at radius 2 is 1.03 bits per heavy atom. The van der Waals surface area contributed by atoms with Gasteiger partial charge in [-0.05, 0) is 0 Å². The first-order valence-corrected chi connectivity index (χ1v) is 13.5. The van der Waals surface area contributed by atoms with Gasteiger partial charge in [0.1, 0.15) is 36.6 Å². The van der Waals surface area contributed by atoms with Crippen LogP contribution in [0.25, 0.3) is 0 Å². The van der Waals surface area contributed by atoms with Gasteiger partial charge in [-0.15, -0.1) is 12.3 Å². The summed E-state index contributed by atoms with van der Waals surface area (Å²) in [5.41, 5.74) is 0. The van der Waals surface area contributed by atoms with E-state index in [1.165, 1.54) is 0 Å². The first-order valence-electron chi connectivity index (χ1n) is 6.78. The average molecular weight is 593 g/mol. The first kappa shape index (κ1) is 30.1.